The van der Waals surface area contributed by atoms with Crippen molar-refractivity contribution in [1.82, 2.24) is 5.32 Å². The molecule has 146 valence electrons. The van der Waals surface area contributed by atoms with E-state index in [1.807, 2.05) is 19.1 Å². The molecule has 0 spiro atoms. The molecule has 0 saturated heterocycles. The Morgan fingerprint density at radius 2 is 1.70 bits per heavy atom. The third-order valence-electron chi connectivity index (χ3n) is 4.24. The van der Waals surface area contributed by atoms with Gasteiger partial charge in [0, 0.05) is 6.54 Å². The van der Waals surface area contributed by atoms with Crippen LogP contribution in [0.15, 0.2) is 48.5 Å². The lowest BCUT2D eigenvalue weighted by molar-refractivity contribution is -0.122. The van der Waals surface area contributed by atoms with E-state index < -0.39 is 16.1 Å². The van der Waals surface area contributed by atoms with Crippen molar-refractivity contribution in [1.29, 1.82) is 0 Å². The minimum atomic E-state index is -3.64. The predicted octanol–water partition coefficient (Wildman–Crippen LogP) is 3.04. The van der Waals surface area contributed by atoms with E-state index in [1.165, 1.54) is 16.4 Å². The summed E-state index contributed by atoms with van der Waals surface area (Å²) in [5.74, 6) is -0.665. The van der Waals surface area contributed by atoms with Gasteiger partial charge in [-0.05, 0) is 49.6 Å². The van der Waals surface area contributed by atoms with Crippen LogP contribution in [0, 0.1) is 12.7 Å². The van der Waals surface area contributed by atoms with Crippen LogP contribution in [0.4, 0.5) is 10.1 Å². The van der Waals surface area contributed by atoms with Gasteiger partial charge in [0.15, 0.2) is 0 Å². The van der Waals surface area contributed by atoms with Gasteiger partial charge in [-0.2, -0.15) is 0 Å². The Balaban J connectivity index is 2.11. The molecule has 1 atom stereocenters. The van der Waals surface area contributed by atoms with Crippen molar-refractivity contribution in [2.75, 3.05) is 17.1 Å². The SMILES string of the molecule is CC[C@@H](C(=O)NCCc1ccc(F)cc1)N(c1ccc(C)cc1)S(C)(=O)=O. The van der Waals surface area contributed by atoms with Gasteiger partial charge in [0.25, 0.3) is 0 Å². The van der Waals surface area contributed by atoms with Crippen molar-refractivity contribution in [3.8, 4) is 0 Å². The number of amides is 1. The van der Waals surface area contributed by atoms with Crippen LogP contribution in [0.5, 0.6) is 0 Å². The van der Waals surface area contributed by atoms with E-state index in [9.17, 15) is 17.6 Å². The molecule has 0 aliphatic carbocycles. The number of halogens is 1. The lowest BCUT2D eigenvalue weighted by atomic mass is 10.1. The van der Waals surface area contributed by atoms with Crippen LogP contribution < -0.4 is 9.62 Å². The van der Waals surface area contributed by atoms with Crippen molar-refractivity contribution in [3.63, 3.8) is 0 Å². The molecule has 0 saturated carbocycles. The molecule has 2 aromatic carbocycles. The van der Waals surface area contributed by atoms with Gasteiger partial charge in [0.1, 0.15) is 11.9 Å². The van der Waals surface area contributed by atoms with E-state index in [2.05, 4.69) is 5.32 Å². The normalized spacial score (nSPS) is 12.4. The molecule has 0 aliphatic heterocycles. The van der Waals surface area contributed by atoms with E-state index in [0.29, 0.717) is 25.1 Å². The molecule has 0 unspecified atom stereocenters. The van der Waals surface area contributed by atoms with E-state index in [1.54, 1.807) is 31.2 Å². The predicted molar refractivity (Wildman–Crippen MR) is 106 cm³/mol. The number of sulfonamides is 1. The molecule has 0 bridgehead atoms. The van der Waals surface area contributed by atoms with Crippen LogP contribution in [0.25, 0.3) is 0 Å². The van der Waals surface area contributed by atoms with Gasteiger partial charge in [-0.25, -0.2) is 12.8 Å². The van der Waals surface area contributed by atoms with Crippen LogP contribution in [-0.4, -0.2) is 33.2 Å². The lowest BCUT2D eigenvalue weighted by Crippen LogP contribution is -2.49. The van der Waals surface area contributed by atoms with Gasteiger partial charge >= 0.3 is 0 Å². The summed E-state index contributed by atoms with van der Waals surface area (Å²) < 4.78 is 38.8. The standard InChI is InChI=1S/C20H25FN2O3S/c1-4-19(20(24)22-14-13-16-7-9-17(21)10-8-16)23(27(3,25)26)18-11-5-15(2)6-12-18/h5-12,19H,4,13-14H2,1-3H3,(H,22,24)/t19-/m0/s1. The zero-order chi connectivity index (χ0) is 20.0. The first-order valence-corrected chi connectivity index (χ1v) is 10.7. The Morgan fingerprint density at radius 3 is 2.22 bits per heavy atom. The molecule has 0 heterocycles. The number of rotatable bonds is 8. The topological polar surface area (TPSA) is 66.5 Å². The van der Waals surface area contributed by atoms with Crippen LogP contribution in [0.1, 0.15) is 24.5 Å². The van der Waals surface area contributed by atoms with Crippen molar-refractivity contribution >= 4 is 21.6 Å². The number of anilines is 1. The molecule has 0 radical (unpaired) electrons. The second-order valence-electron chi connectivity index (χ2n) is 6.49. The summed E-state index contributed by atoms with van der Waals surface area (Å²) in [5.41, 5.74) is 2.36. The Kier molecular flexibility index (Phi) is 6.96. The van der Waals surface area contributed by atoms with Crippen LogP contribution in [0.3, 0.4) is 0 Å². The molecule has 7 heteroatoms. The number of nitrogens with zero attached hydrogens (tertiary/aromatic N) is 1. The molecule has 2 rings (SSSR count). The fourth-order valence-electron chi connectivity index (χ4n) is 2.85. The van der Waals surface area contributed by atoms with Crippen molar-refractivity contribution in [2.45, 2.75) is 32.7 Å². The van der Waals surface area contributed by atoms with Crippen LogP contribution in [-0.2, 0) is 21.2 Å². The quantitative estimate of drug-likeness (QED) is 0.751. The molecular weight excluding hydrogens is 367 g/mol. The summed E-state index contributed by atoms with van der Waals surface area (Å²) in [6.07, 6.45) is 1.97. The zero-order valence-corrected chi connectivity index (χ0v) is 16.6. The monoisotopic (exact) mass is 392 g/mol. The smallest absolute Gasteiger partial charge is 0.243 e. The third-order valence-corrected chi connectivity index (χ3v) is 5.42. The van der Waals surface area contributed by atoms with E-state index in [4.69, 9.17) is 0 Å². The fraction of sp³-hybridized carbons (Fsp3) is 0.350. The number of benzene rings is 2. The summed E-state index contributed by atoms with van der Waals surface area (Å²) >= 11 is 0. The molecule has 1 amide bonds. The van der Waals surface area contributed by atoms with E-state index in [0.717, 1.165) is 17.4 Å². The average Bonchev–Trinajstić information content (AvgIpc) is 2.61. The second kappa shape index (κ2) is 8.99. The Bertz CT molecular complexity index is 865. The van der Waals surface area contributed by atoms with Crippen LogP contribution >= 0.6 is 0 Å². The molecule has 2 aromatic rings. The summed E-state index contributed by atoms with van der Waals surface area (Å²) in [5, 5.41) is 2.79. The summed E-state index contributed by atoms with van der Waals surface area (Å²) in [4.78, 5) is 12.7. The maximum Gasteiger partial charge on any atom is 0.243 e. The molecule has 0 fully saturated rings. The van der Waals surface area contributed by atoms with Gasteiger partial charge in [-0.1, -0.05) is 36.8 Å². The summed E-state index contributed by atoms with van der Waals surface area (Å²) in [7, 11) is -3.64. The molecule has 0 aliphatic rings. The number of nitrogens with one attached hydrogen (secondary N) is 1. The van der Waals surface area contributed by atoms with E-state index >= 15 is 0 Å². The number of hydrogen-bond donors (Lipinski definition) is 1. The first-order valence-electron chi connectivity index (χ1n) is 8.80. The number of carbonyl (C=O) groups excluding carboxylic acids is 1. The molecule has 27 heavy (non-hydrogen) atoms. The van der Waals surface area contributed by atoms with Crippen molar-refractivity contribution in [3.05, 3.63) is 65.5 Å². The Labute approximate surface area is 160 Å². The first kappa shape index (κ1) is 20.9. The number of hydrogen-bond acceptors (Lipinski definition) is 3. The van der Waals surface area contributed by atoms with Crippen LogP contribution in [0.2, 0.25) is 0 Å². The molecule has 1 N–H and O–H groups in total. The lowest BCUT2D eigenvalue weighted by Gasteiger charge is -2.30. The number of aryl methyl sites for hydroxylation is 1. The Morgan fingerprint density at radius 1 is 1.11 bits per heavy atom. The maximum atomic E-state index is 12.9. The molecule has 5 nitrogen and oxygen atoms in total. The molecule has 0 aromatic heterocycles. The maximum absolute atomic E-state index is 12.9. The highest BCUT2D eigenvalue weighted by molar-refractivity contribution is 7.92. The third kappa shape index (κ3) is 5.79. The number of carbonyl (C=O) groups is 1. The van der Waals surface area contributed by atoms with Gasteiger partial charge < -0.3 is 5.32 Å². The zero-order valence-electron chi connectivity index (χ0n) is 15.8. The van der Waals surface area contributed by atoms with Gasteiger partial charge in [0.05, 0.1) is 11.9 Å². The summed E-state index contributed by atoms with van der Waals surface area (Å²) in [6, 6.07) is 12.2. The fourth-order valence-corrected chi connectivity index (χ4v) is 4.06. The first-order chi connectivity index (χ1) is 12.7. The highest BCUT2D eigenvalue weighted by Gasteiger charge is 2.31. The van der Waals surface area contributed by atoms with Gasteiger partial charge in [-0.3, -0.25) is 9.10 Å². The second-order valence-corrected chi connectivity index (χ2v) is 8.35. The largest absolute Gasteiger partial charge is 0.354 e. The minimum absolute atomic E-state index is 0.310. The van der Waals surface area contributed by atoms with Gasteiger partial charge in [0.2, 0.25) is 15.9 Å². The summed E-state index contributed by atoms with van der Waals surface area (Å²) in [6.45, 7) is 4.02. The van der Waals surface area contributed by atoms with E-state index in [-0.39, 0.29) is 11.7 Å². The minimum Gasteiger partial charge on any atom is -0.354 e. The van der Waals surface area contributed by atoms with Crippen molar-refractivity contribution in [2.24, 2.45) is 0 Å². The highest BCUT2D eigenvalue weighted by atomic mass is 32.2. The average molecular weight is 392 g/mol. The van der Waals surface area contributed by atoms with Crippen molar-refractivity contribution < 1.29 is 17.6 Å². The molecular formula is C20H25FN2O3S. The van der Waals surface area contributed by atoms with Gasteiger partial charge in [-0.15, -0.1) is 0 Å². The highest BCUT2D eigenvalue weighted by Crippen LogP contribution is 2.23. The Hall–Kier alpha value is -2.41.